The third-order valence-corrected chi connectivity index (χ3v) is 5.21. The van der Waals surface area contributed by atoms with E-state index in [9.17, 15) is 13.2 Å². The fourth-order valence-electron chi connectivity index (χ4n) is 2.54. The first-order valence-electron chi connectivity index (χ1n) is 7.39. The van der Waals surface area contributed by atoms with Gasteiger partial charge < -0.3 is 5.32 Å². The van der Waals surface area contributed by atoms with Gasteiger partial charge in [0.25, 0.3) is 5.91 Å². The first kappa shape index (κ1) is 16.9. The average molecular weight is 325 g/mol. The number of rotatable bonds is 5. The van der Waals surface area contributed by atoms with Crippen LogP contribution in [0.4, 0.5) is 0 Å². The maximum absolute atomic E-state index is 12.1. The van der Waals surface area contributed by atoms with E-state index in [0.29, 0.717) is 38.3 Å². The van der Waals surface area contributed by atoms with Crippen LogP contribution < -0.4 is 5.32 Å². The Morgan fingerprint density at radius 1 is 1.18 bits per heavy atom. The molecule has 1 saturated heterocycles. The van der Waals surface area contributed by atoms with E-state index in [0.717, 1.165) is 12.1 Å². The minimum Gasteiger partial charge on any atom is -0.351 e. The van der Waals surface area contributed by atoms with Crippen molar-refractivity contribution in [2.24, 2.45) is 0 Å². The minimum absolute atomic E-state index is 0.0622. The highest BCUT2D eigenvalue weighted by atomic mass is 32.2. The lowest BCUT2D eigenvalue weighted by Crippen LogP contribution is -2.49. The summed E-state index contributed by atoms with van der Waals surface area (Å²) < 4.78 is 24.4. The molecule has 6 nitrogen and oxygen atoms in total. The normalized spacial score (nSPS) is 17.4. The number of benzene rings is 1. The molecule has 1 N–H and O–H groups in total. The van der Waals surface area contributed by atoms with Crippen LogP contribution in [0.5, 0.6) is 0 Å². The van der Waals surface area contributed by atoms with Gasteiger partial charge in [0.1, 0.15) is 0 Å². The van der Waals surface area contributed by atoms with Crippen LogP contribution in [-0.2, 0) is 10.0 Å². The summed E-state index contributed by atoms with van der Waals surface area (Å²) in [7, 11) is -3.09. The first-order chi connectivity index (χ1) is 10.4. The van der Waals surface area contributed by atoms with E-state index in [-0.39, 0.29) is 5.91 Å². The van der Waals surface area contributed by atoms with Gasteiger partial charge in [0, 0.05) is 44.8 Å². The van der Waals surface area contributed by atoms with Gasteiger partial charge in [-0.05, 0) is 18.6 Å². The molecule has 122 valence electrons. The van der Waals surface area contributed by atoms with Gasteiger partial charge in [-0.25, -0.2) is 8.42 Å². The highest BCUT2D eigenvalue weighted by molar-refractivity contribution is 7.88. The zero-order valence-corrected chi connectivity index (χ0v) is 13.9. The number of aryl methyl sites for hydroxylation is 1. The molecule has 1 aromatic rings. The summed E-state index contributed by atoms with van der Waals surface area (Å²) in [4.78, 5) is 14.2. The van der Waals surface area contributed by atoms with Crippen molar-refractivity contribution in [3.05, 3.63) is 35.4 Å². The number of amides is 1. The second kappa shape index (κ2) is 7.21. The molecule has 22 heavy (non-hydrogen) atoms. The second-order valence-electron chi connectivity index (χ2n) is 5.57. The van der Waals surface area contributed by atoms with Crippen molar-refractivity contribution in [3.8, 4) is 0 Å². The van der Waals surface area contributed by atoms with E-state index < -0.39 is 10.0 Å². The van der Waals surface area contributed by atoms with E-state index in [2.05, 4.69) is 10.2 Å². The summed E-state index contributed by atoms with van der Waals surface area (Å²) in [6, 6.07) is 7.49. The molecule has 1 aliphatic heterocycles. The summed E-state index contributed by atoms with van der Waals surface area (Å²) in [5, 5.41) is 2.92. The molecule has 2 rings (SSSR count). The molecule has 1 aliphatic rings. The molecule has 0 radical (unpaired) electrons. The molecule has 0 bridgehead atoms. The molecule has 1 amide bonds. The minimum atomic E-state index is -3.09. The fraction of sp³-hybridized carbons (Fsp3) is 0.533. The second-order valence-corrected chi connectivity index (χ2v) is 7.56. The molecule has 0 unspecified atom stereocenters. The topological polar surface area (TPSA) is 69.7 Å². The van der Waals surface area contributed by atoms with Gasteiger partial charge in [0.2, 0.25) is 10.0 Å². The van der Waals surface area contributed by atoms with Gasteiger partial charge in [0.15, 0.2) is 0 Å². The van der Waals surface area contributed by atoms with E-state index >= 15 is 0 Å². The lowest BCUT2D eigenvalue weighted by molar-refractivity contribution is 0.0944. The predicted molar refractivity (Wildman–Crippen MR) is 86.4 cm³/mol. The Labute approximate surface area is 132 Å². The van der Waals surface area contributed by atoms with Crippen LogP contribution in [0, 0.1) is 6.92 Å². The lowest BCUT2D eigenvalue weighted by Gasteiger charge is -2.33. The molecule has 1 heterocycles. The number of nitrogens with zero attached hydrogens (tertiary/aromatic N) is 2. The van der Waals surface area contributed by atoms with Gasteiger partial charge in [-0.3, -0.25) is 9.69 Å². The Morgan fingerprint density at radius 2 is 1.82 bits per heavy atom. The standard InChI is InChI=1S/C15H23N3O3S/c1-13-5-3-4-6-14(13)15(19)16-7-8-17-9-11-18(12-10-17)22(2,20)21/h3-6H,7-12H2,1-2H3,(H,16,19). The van der Waals surface area contributed by atoms with Crippen LogP contribution in [-0.4, -0.2) is 69.1 Å². The number of carbonyl (C=O) groups excluding carboxylic acids is 1. The maximum Gasteiger partial charge on any atom is 0.251 e. The van der Waals surface area contributed by atoms with E-state index in [1.807, 2.05) is 31.2 Å². The zero-order valence-electron chi connectivity index (χ0n) is 13.1. The van der Waals surface area contributed by atoms with Crippen LogP contribution in [0.15, 0.2) is 24.3 Å². The number of hydrogen-bond acceptors (Lipinski definition) is 4. The lowest BCUT2D eigenvalue weighted by atomic mass is 10.1. The summed E-state index contributed by atoms with van der Waals surface area (Å²) in [6.07, 6.45) is 1.24. The number of hydrogen-bond donors (Lipinski definition) is 1. The van der Waals surface area contributed by atoms with E-state index in [4.69, 9.17) is 0 Å². The number of sulfonamides is 1. The van der Waals surface area contributed by atoms with Gasteiger partial charge in [-0.15, -0.1) is 0 Å². The van der Waals surface area contributed by atoms with Crippen molar-refractivity contribution in [1.82, 2.24) is 14.5 Å². The Bertz CT molecular complexity index is 623. The summed E-state index contributed by atoms with van der Waals surface area (Å²) in [5.41, 5.74) is 1.66. The highest BCUT2D eigenvalue weighted by Gasteiger charge is 2.22. The van der Waals surface area contributed by atoms with Crippen molar-refractivity contribution in [1.29, 1.82) is 0 Å². The van der Waals surface area contributed by atoms with Crippen LogP contribution in [0.2, 0.25) is 0 Å². The van der Waals surface area contributed by atoms with Crippen LogP contribution in [0.25, 0.3) is 0 Å². The average Bonchev–Trinajstić information content (AvgIpc) is 2.47. The quantitative estimate of drug-likeness (QED) is 0.845. The maximum atomic E-state index is 12.1. The van der Waals surface area contributed by atoms with Crippen LogP contribution in [0.3, 0.4) is 0 Å². The van der Waals surface area contributed by atoms with Gasteiger partial charge >= 0.3 is 0 Å². The van der Waals surface area contributed by atoms with Crippen molar-refractivity contribution in [2.75, 3.05) is 45.5 Å². The molecule has 0 aromatic heterocycles. The molecular weight excluding hydrogens is 302 g/mol. The first-order valence-corrected chi connectivity index (χ1v) is 9.24. The van der Waals surface area contributed by atoms with Gasteiger partial charge in [-0.2, -0.15) is 4.31 Å². The monoisotopic (exact) mass is 325 g/mol. The SMILES string of the molecule is Cc1ccccc1C(=O)NCCN1CCN(S(C)(=O)=O)CC1. The van der Waals surface area contributed by atoms with Gasteiger partial charge in [-0.1, -0.05) is 18.2 Å². The van der Waals surface area contributed by atoms with E-state index in [1.54, 1.807) is 0 Å². The molecular formula is C15H23N3O3S. The Kier molecular flexibility index (Phi) is 5.55. The Hall–Kier alpha value is -1.44. The number of piperazine rings is 1. The van der Waals surface area contributed by atoms with Gasteiger partial charge in [0.05, 0.1) is 6.26 Å². The Balaban J connectivity index is 1.74. The predicted octanol–water partition coefficient (Wildman–Crippen LogP) is 0.302. The molecule has 0 aliphatic carbocycles. The molecule has 0 spiro atoms. The van der Waals surface area contributed by atoms with Crippen molar-refractivity contribution < 1.29 is 13.2 Å². The van der Waals surface area contributed by atoms with Crippen molar-refractivity contribution in [2.45, 2.75) is 6.92 Å². The zero-order chi connectivity index (χ0) is 16.2. The smallest absolute Gasteiger partial charge is 0.251 e. The number of nitrogens with one attached hydrogen (secondary N) is 1. The fourth-order valence-corrected chi connectivity index (χ4v) is 3.36. The molecule has 1 aromatic carbocycles. The summed E-state index contributed by atoms with van der Waals surface area (Å²) in [6.45, 7) is 5.65. The summed E-state index contributed by atoms with van der Waals surface area (Å²) >= 11 is 0. The third-order valence-electron chi connectivity index (χ3n) is 3.90. The number of carbonyl (C=O) groups is 1. The largest absolute Gasteiger partial charge is 0.351 e. The molecule has 0 saturated carbocycles. The molecule has 7 heteroatoms. The molecule has 0 atom stereocenters. The van der Waals surface area contributed by atoms with Crippen LogP contribution in [0.1, 0.15) is 15.9 Å². The third kappa shape index (κ3) is 4.53. The Morgan fingerprint density at radius 3 is 2.41 bits per heavy atom. The highest BCUT2D eigenvalue weighted by Crippen LogP contribution is 2.07. The molecule has 1 fully saturated rings. The van der Waals surface area contributed by atoms with Crippen molar-refractivity contribution in [3.63, 3.8) is 0 Å². The van der Waals surface area contributed by atoms with Crippen LogP contribution >= 0.6 is 0 Å². The summed E-state index contributed by atoms with van der Waals surface area (Å²) in [5.74, 6) is -0.0622. The van der Waals surface area contributed by atoms with Crippen molar-refractivity contribution >= 4 is 15.9 Å². The van der Waals surface area contributed by atoms with E-state index in [1.165, 1.54) is 10.6 Å².